The summed E-state index contributed by atoms with van der Waals surface area (Å²) in [5, 5.41) is 3.67. The third kappa shape index (κ3) is 3.40. The summed E-state index contributed by atoms with van der Waals surface area (Å²) >= 11 is 1.76. The van der Waals surface area contributed by atoms with Gasteiger partial charge < -0.3 is 0 Å². The highest BCUT2D eigenvalue weighted by Crippen LogP contribution is 2.39. The zero-order valence-corrected chi connectivity index (χ0v) is 19.7. The number of hydrogen-bond acceptors (Lipinski definition) is 3. The van der Waals surface area contributed by atoms with Crippen LogP contribution in [0, 0.1) is 0 Å². The van der Waals surface area contributed by atoms with E-state index >= 15 is 0 Å². The molecule has 7 aromatic rings. The second kappa shape index (κ2) is 8.15. The zero-order valence-electron chi connectivity index (χ0n) is 18.8. The molecule has 2 heterocycles. The van der Waals surface area contributed by atoms with E-state index in [2.05, 4.69) is 115 Å². The van der Waals surface area contributed by atoms with Crippen LogP contribution in [0.3, 0.4) is 0 Å². The number of rotatable bonds is 3. The van der Waals surface area contributed by atoms with Gasteiger partial charge >= 0.3 is 0 Å². The lowest BCUT2D eigenvalue weighted by molar-refractivity contribution is 1.24. The molecule has 0 aliphatic heterocycles. The summed E-state index contributed by atoms with van der Waals surface area (Å²) in [5.41, 5.74) is 6.52. The van der Waals surface area contributed by atoms with E-state index in [1.54, 1.807) is 11.3 Å². The fraction of sp³-hybridized carbons (Fsp3) is 0. The van der Waals surface area contributed by atoms with Gasteiger partial charge in [0, 0.05) is 21.2 Å². The zero-order chi connectivity index (χ0) is 23.2. The van der Waals surface area contributed by atoms with Crippen LogP contribution < -0.4 is 0 Å². The topological polar surface area (TPSA) is 25.8 Å². The summed E-state index contributed by atoms with van der Waals surface area (Å²) in [4.78, 5) is 10.2. The van der Waals surface area contributed by atoms with Crippen molar-refractivity contribution in [2.45, 2.75) is 0 Å². The largest absolute Gasteiger partial charge is 0.226 e. The second-order valence-electron chi connectivity index (χ2n) is 8.65. The molecule has 7 rings (SSSR count). The molecule has 0 radical (unpaired) electrons. The normalized spacial score (nSPS) is 11.4. The fourth-order valence-electron chi connectivity index (χ4n) is 4.81. The third-order valence-corrected chi connectivity index (χ3v) is 7.66. The molecule has 0 amide bonds. The van der Waals surface area contributed by atoms with Crippen molar-refractivity contribution in [3.05, 3.63) is 121 Å². The minimum atomic E-state index is 0.752. The first-order valence-electron chi connectivity index (χ1n) is 11.7. The molecule has 3 heteroatoms. The Balaban J connectivity index is 1.47. The van der Waals surface area contributed by atoms with Crippen LogP contribution in [0.25, 0.3) is 64.8 Å². The molecule has 0 bridgehead atoms. The number of hydrogen-bond donors (Lipinski definition) is 0. The molecule has 5 aromatic carbocycles. The van der Waals surface area contributed by atoms with Crippen LogP contribution >= 0.6 is 11.3 Å². The van der Waals surface area contributed by atoms with Crippen LogP contribution in [0.15, 0.2) is 121 Å². The van der Waals surface area contributed by atoms with Gasteiger partial charge in [0.2, 0.25) is 0 Å². The Bertz CT molecular complexity index is 1850. The minimum Gasteiger partial charge on any atom is -0.226 e. The number of benzene rings is 5. The van der Waals surface area contributed by atoms with Gasteiger partial charge in [-0.25, -0.2) is 9.97 Å². The maximum atomic E-state index is 5.13. The number of thiophene rings is 1. The Morgan fingerprint density at radius 2 is 1.20 bits per heavy atom. The van der Waals surface area contributed by atoms with Crippen LogP contribution in [-0.2, 0) is 0 Å². The van der Waals surface area contributed by atoms with Gasteiger partial charge in [-0.3, -0.25) is 0 Å². The number of aromatic nitrogens is 2. The molecule has 164 valence electrons. The molecule has 0 saturated heterocycles. The van der Waals surface area contributed by atoms with Crippen LogP contribution in [0.1, 0.15) is 0 Å². The highest BCUT2D eigenvalue weighted by atomic mass is 32.1. The summed E-state index contributed by atoms with van der Waals surface area (Å²) in [6, 6.07) is 42.5. The van der Waals surface area contributed by atoms with Gasteiger partial charge in [0.1, 0.15) is 0 Å². The molecular formula is C32H20N2S. The molecule has 0 N–H and O–H groups in total. The first kappa shape index (κ1) is 20.1. The lowest BCUT2D eigenvalue weighted by Gasteiger charge is -2.10. The Hall–Kier alpha value is -4.34. The highest BCUT2D eigenvalue weighted by Gasteiger charge is 2.16. The lowest BCUT2D eigenvalue weighted by Crippen LogP contribution is -1.94. The van der Waals surface area contributed by atoms with Gasteiger partial charge in [-0.15, -0.1) is 11.3 Å². The van der Waals surface area contributed by atoms with E-state index in [1.165, 1.54) is 32.0 Å². The van der Waals surface area contributed by atoms with E-state index in [9.17, 15) is 0 Å². The van der Waals surface area contributed by atoms with Gasteiger partial charge in [-0.05, 0) is 34.0 Å². The minimum absolute atomic E-state index is 0.752. The van der Waals surface area contributed by atoms with Crippen molar-refractivity contribution in [3.8, 4) is 33.8 Å². The maximum Gasteiger partial charge on any atom is 0.160 e. The third-order valence-electron chi connectivity index (χ3n) is 6.49. The van der Waals surface area contributed by atoms with Crippen LogP contribution in [0.5, 0.6) is 0 Å². The van der Waals surface area contributed by atoms with Gasteiger partial charge in [-0.1, -0.05) is 109 Å². The Kier molecular flexibility index (Phi) is 4.68. The molecule has 0 spiro atoms. The van der Waals surface area contributed by atoms with Crippen molar-refractivity contribution in [1.29, 1.82) is 0 Å². The fourth-order valence-corrected chi connectivity index (χ4v) is 5.97. The van der Waals surface area contributed by atoms with Crippen LogP contribution in [0.4, 0.5) is 0 Å². The van der Waals surface area contributed by atoms with E-state index in [0.29, 0.717) is 0 Å². The molecule has 0 aliphatic carbocycles. The van der Waals surface area contributed by atoms with E-state index in [-0.39, 0.29) is 0 Å². The quantitative estimate of drug-likeness (QED) is 0.261. The van der Waals surface area contributed by atoms with E-state index in [4.69, 9.17) is 9.97 Å². The van der Waals surface area contributed by atoms with Gasteiger partial charge in [0.05, 0.1) is 15.9 Å². The summed E-state index contributed by atoms with van der Waals surface area (Å²) in [7, 11) is 0. The van der Waals surface area contributed by atoms with Gasteiger partial charge in [-0.2, -0.15) is 0 Å². The molecule has 0 fully saturated rings. The van der Waals surface area contributed by atoms with E-state index in [0.717, 1.165) is 32.9 Å². The smallest absolute Gasteiger partial charge is 0.160 e. The van der Waals surface area contributed by atoms with E-state index in [1.807, 2.05) is 6.07 Å². The van der Waals surface area contributed by atoms with Gasteiger partial charge in [0.25, 0.3) is 0 Å². The SMILES string of the molecule is c1ccc(-c2nc(-c3cccc(-c4cccc5ccccc45)c3)nc3c2sc2ccccc23)cc1. The average molecular weight is 465 g/mol. The summed E-state index contributed by atoms with van der Waals surface area (Å²) in [5.74, 6) is 0.752. The monoisotopic (exact) mass is 464 g/mol. The molecule has 0 atom stereocenters. The van der Waals surface area contributed by atoms with Crippen molar-refractivity contribution in [1.82, 2.24) is 9.97 Å². The predicted octanol–water partition coefficient (Wildman–Crippen LogP) is 9.00. The Morgan fingerprint density at radius 1 is 0.514 bits per heavy atom. The number of nitrogens with zero attached hydrogens (tertiary/aromatic N) is 2. The van der Waals surface area contributed by atoms with Gasteiger partial charge in [0.15, 0.2) is 5.82 Å². The van der Waals surface area contributed by atoms with Crippen molar-refractivity contribution >= 4 is 42.4 Å². The standard InChI is InChI=1S/C32H20N2S/c1-2-11-22(12-3-1)29-31-30(27-17-6-7-19-28(27)35-31)34-32(33-29)24-15-8-14-23(20-24)26-18-9-13-21-10-4-5-16-25(21)26/h1-20H. The summed E-state index contributed by atoms with van der Waals surface area (Å²) in [6.07, 6.45) is 0. The summed E-state index contributed by atoms with van der Waals surface area (Å²) in [6.45, 7) is 0. The molecule has 0 unspecified atom stereocenters. The molecule has 0 aliphatic rings. The second-order valence-corrected chi connectivity index (χ2v) is 9.70. The predicted molar refractivity (Wildman–Crippen MR) is 149 cm³/mol. The molecule has 2 nitrogen and oxygen atoms in total. The van der Waals surface area contributed by atoms with Crippen LogP contribution in [-0.4, -0.2) is 9.97 Å². The molecule has 2 aromatic heterocycles. The lowest BCUT2D eigenvalue weighted by atomic mass is 9.97. The van der Waals surface area contributed by atoms with Crippen molar-refractivity contribution in [2.24, 2.45) is 0 Å². The van der Waals surface area contributed by atoms with Crippen molar-refractivity contribution < 1.29 is 0 Å². The van der Waals surface area contributed by atoms with Crippen LogP contribution in [0.2, 0.25) is 0 Å². The van der Waals surface area contributed by atoms with Crippen molar-refractivity contribution in [3.63, 3.8) is 0 Å². The van der Waals surface area contributed by atoms with Crippen molar-refractivity contribution in [2.75, 3.05) is 0 Å². The summed E-state index contributed by atoms with van der Waals surface area (Å²) < 4.78 is 2.36. The molecular weight excluding hydrogens is 444 g/mol. The molecule has 0 saturated carbocycles. The Morgan fingerprint density at radius 3 is 2.11 bits per heavy atom. The highest BCUT2D eigenvalue weighted by molar-refractivity contribution is 7.26. The average Bonchev–Trinajstić information content (AvgIpc) is 3.31. The first-order chi connectivity index (χ1) is 17.3. The first-order valence-corrected chi connectivity index (χ1v) is 12.5. The van der Waals surface area contributed by atoms with E-state index < -0.39 is 0 Å². The Labute approximate surface area is 207 Å². The number of fused-ring (bicyclic) bond motifs is 4. The maximum absolute atomic E-state index is 5.13. The molecule has 35 heavy (non-hydrogen) atoms.